The Kier molecular flexibility index (Phi) is 3.34. The second-order valence-electron chi connectivity index (χ2n) is 5.77. The topological polar surface area (TPSA) is 34.5 Å². The fraction of sp³-hybridized carbons (Fsp3) is 0.200. The van der Waals surface area contributed by atoms with Crippen LogP contribution in [0.15, 0.2) is 59.3 Å². The van der Waals surface area contributed by atoms with Crippen LogP contribution >= 0.6 is 0 Å². The van der Waals surface area contributed by atoms with Gasteiger partial charge in [0.1, 0.15) is 5.75 Å². The van der Waals surface area contributed by atoms with Crippen LogP contribution in [0.4, 0.5) is 0 Å². The normalized spacial score (nSPS) is 20.0. The molecule has 0 bridgehead atoms. The first kappa shape index (κ1) is 13.9. The summed E-state index contributed by atoms with van der Waals surface area (Å²) in [6, 6.07) is 6.28. The van der Waals surface area contributed by atoms with Crippen LogP contribution in [0.25, 0.3) is 16.5 Å². The maximum absolute atomic E-state index is 5.81. The lowest BCUT2D eigenvalue weighted by atomic mass is 9.92. The van der Waals surface area contributed by atoms with Crippen molar-refractivity contribution in [2.75, 3.05) is 13.7 Å². The summed E-state index contributed by atoms with van der Waals surface area (Å²) in [7, 11) is 1.83. The van der Waals surface area contributed by atoms with Crippen LogP contribution in [0.3, 0.4) is 0 Å². The third-order valence-corrected chi connectivity index (χ3v) is 4.52. The largest absolute Gasteiger partial charge is 0.493 e. The highest BCUT2D eigenvalue weighted by Crippen LogP contribution is 2.36. The lowest BCUT2D eigenvalue weighted by molar-refractivity contribution is 0.318. The van der Waals surface area contributed by atoms with Gasteiger partial charge < -0.3 is 4.74 Å². The lowest BCUT2D eigenvalue weighted by Crippen LogP contribution is -2.10. The number of ether oxygens (including phenoxy) is 1. The number of allylic oxidation sites excluding steroid dienone is 6. The molecule has 0 unspecified atom stereocenters. The van der Waals surface area contributed by atoms with Crippen LogP contribution in [0.5, 0.6) is 5.75 Å². The fourth-order valence-electron chi connectivity index (χ4n) is 3.34. The summed E-state index contributed by atoms with van der Waals surface area (Å²) in [6.07, 6.45) is 11.1. The van der Waals surface area contributed by atoms with Crippen LogP contribution in [0.1, 0.15) is 18.1 Å². The zero-order valence-electron chi connectivity index (χ0n) is 13.3. The van der Waals surface area contributed by atoms with Crippen LogP contribution in [0, 0.1) is 0 Å². The van der Waals surface area contributed by atoms with Gasteiger partial charge in [-0.15, -0.1) is 0 Å². The zero-order valence-corrected chi connectivity index (χ0v) is 13.3. The van der Waals surface area contributed by atoms with Crippen LogP contribution in [-0.4, -0.2) is 24.4 Å². The Balaban J connectivity index is 1.99. The third kappa shape index (κ3) is 2.20. The Bertz CT molecular complexity index is 906. The molecule has 2 heterocycles. The van der Waals surface area contributed by atoms with Gasteiger partial charge in [-0.2, -0.15) is 0 Å². The Morgan fingerprint density at radius 1 is 1.17 bits per heavy atom. The minimum absolute atomic E-state index is 0.742. The molecule has 1 aliphatic carbocycles. The Morgan fingerprint density at radius 3 is 2.91 bits per heavy atom. The molecule has 0 spiro atoms. The predicted octanol–water partition coefficient (Wildman–Crippen LogP) is 4.14. The van der Waals surface area contributed by atoms with Gasteiger partial charge in [-0.25, -0.2) is 0 Å². The molecule has 3 nitrogen and oxygen atoms in total. The standard InChI is InChI=1S/C20H18N2O/c1-13(15-5-3-4-6-17(15)21-2)16-7-8-18-19-14(10-12-23-18)9-11-22-20(16)19/h3-9,11H,10,12H2,1-2H3/b15-13+,21-17?. The monoisotopic (exact) mass is 302 g/mol. The van der Waals surface area contributed by atoms with E-state index in [2.05, 4.69) is 47.3 Å². The number of hydrogen-bond acceptors (Lipinski definition) is 3. The highest BCUT2D eigenvalue weighted by atomic mass is 16.5. The molecule has 0 atom stereocenters. The van der Waals surface area contributed by atoms with Gasteiger partial charge in [-0.05, 0) is 42.3 Å². The molecule has 0 saturated heterocycles. The summed E-state index contributed by atoms with van der Waals surface area (Å²) in [4.78, 5) is 9.05. The number of pyridine rings is 1. The minimum Gasteiger partial charge on any atom is -0.493 e. The number of aliphatic imine (C=N–C) groups is 1. The minimum atomic E-state index is 0.742. The van der Waals surface area contributed by atoms with E-state index in [1.165, 1.54) is 11.1 Å². The van der Waals surface area contributed by atoms with E-state index in [0.29, 0.717) is 0 Å². The number of benzene rings is 1. The molecular formula is C20H18N2O. The van der Waals surface area contributed by atoms with Gasteiger partial charge in [-0.1, -0.05) is 18.2 Å². The average Bonchev–Trinajstić information content (AvgIpc) is 2.62. The highest BCUT2D eigenvalue weighted by Gasteiger charge is 2.18. The Morgan fingerprint density at radius 2 is 2.04 bits per heavy atom. The first-order valence-corrected chi connectivity index (χ1v) is 7.86. The van der Waals surface area contributed by atoms with Gasteiger partial charge in [0.2, 0.25) is 0 Å². The molecule has 1 aliphatic heterocycles. The lowest BCUT2D eigenvalue weighted by Gasteiger charge is -2.20. The van der Waals surface area contributed by atoms with Gasteiger partial charge in [-0.3, -0.25) is 9.98 Å². The molecule has 114 valence electrons. The van der Waals surface area contributed by atoms with E-state index < -0.39 is 0 Å². The van der Waals surface area contributed by atoms with E-state index in [1.54, 1.807) is 0 Å². The second kappa shape index (κ2) is 5.51. The summed E-state index contributed by atoms with van der Waals surface area (Å²) in [5.41, 5.74) is 6.82. The van der Waals surface area contributed by atoms with E-state index in [9.17, 15) is 0 Å². The fourth-order valence-corrected chi connectivity index (χ4v) is 3.34. The molecule has 0 radical (unpaired) electrons. The maximum atomic E-state index is 5.81. The molecule has 3 heteroatoms. The van der Waals surface area contributed by atoms with E-state index in [-0.39, 0.29) is 0 Å². The molecule has 23 heavy (non-hydrogen) atoms. The molecule has 4 rings (SSSR count). The van der Waals surface area contributed by atoms with Crippen molar-refractivity contribution in [1.82, 2.24) is 4.98 Å². The van der Waals surface area contributed by atoms with Crippen molar-refractivity contribution < 1.29 is 4.74 Å². The molecule has 2 aliphatic rings. The summed E-state index contributed by atoms with van der Waals surface area (Å²) in [6.45, 7) is 2.88. The van der Waals surface area contributed by atoms with Gasteiger partial charge in [0, 0.05) is 36.2 Å². The van der Waals surface area contributed by atoms with Crippen molar-refractivity contribution in [3.8, 4) is 5.75 Å². The Hall–Kier alpha value is -2.68. The second-order valence-corrected chi connectivity index (χ2v) is 5.77. The number of aromatic nitrogens is 1. The summed E-state index contributed by atoms with van der Waals surface area (Å²) >= 11 is 0. The molecule has 0 amide bonds. The van der Waals surface area contributed by atoms with Crippen LogP contribution < -0.4 is 4.74 Å². The highest BCUT2D eigenvalue weighted by molar-refractivity contribution is 6.17. The third-order valence-electron chi connectivity index (χ3n) is 4.52. The van der Waals surface area contributed by atoms with Crippen molar-refractivity contribution in [1.29, 1.82) is 0 Å². The van der Waals surface area contributed by atoms with Gasteiger partial charge in [0.05, 0.1) is 17.8 Å². The molecule has 1 aromatic heterocycles. The van der Waals surface area contributed by atoms with Crippen molar-refractivity contribution in [3.63, 3.8) is 0 Å². The Labute approximate surface area is 135 Å². The van der Waals surface area contributed by atoms with Gasteiger partial charge in [0.15, 0.2) is 0 Å². The zero-order chi connectivity index (χ0) is 15.8. The van der Waals surface area contributed by atoms with Crippen molar-refractivity contribution in [2.45, 2.75) is 13.3 Å². The number of rotatable bonds is 1. The first-order chi connectivity index (χ1) is 11.3. The molecule has 2 aromatic rings. The van der Waals surface area contributed by atoms with Gasteiger partial charge >= 0.3 is 0 Å². The van der Waals surface area contributed by atoms with Crippen molar-refractivity contribution >= 4 is 22.2 Å². The average molecular weight is 302 g/mol. The SMILES string of the molecule is CN=C1C=CC=C/C1=C(/C)c1ccc2c3c(ccnc13)CCO2. The number of nitrogens with zero attached hydrogens (tertiary/aromatic N) is 2. The van der Waals surface area contributed by atoms with Crippen LogP contribution in [0.2, 0.25) is 0 Å². The summed E-state index contributed by atoms with van der Waals surface area (Å²) < 4.78 is 5.81. The van der Waals surface area contributed by atoms with E-state index in [0.717, 1.165) is 46.5 Å². The van der Waals surface area contributed by atoms with E-state index >= 15 is 0 Å². The number of hydrogen-bond donors (Lipinski definition) is 0. The molecular weight excluding hydrogens is 284 g/mol. The summed E-state index contributed by atoms with van der Waals surface area (Å²) in [5, 5.41) is 1.15. The first-order valence-electron chi connectivity index (χ1n) is 7.86. The molecule has 1 aromatic carbocycles. The maximum Gasteiger partial charge on any atom is 0.129 e. The smallest absolute Gasteiger partial charge is 0.129 e. The van der Waals surface area contributed by atoms with E-state index in [4.69, 9.17) is 4.74 Å². The predicted molar refractivity (Wildman–Crippen MR) is 95.2 cm³/mol. The molecule has 0 N–H and O–H groups in total. The molecule has 0 saturated carbocycles. The summed E-state index contributed by atoms with van der Waals surface area (Å²) in [5.74, 6) is 0.944. The van der Waals surface area contributed by atoms with E-state index in [1.807, 2.05) is 25.4 Å². The van der Waals surface area contributed by atoms with Crippen molar-refractivity contribution in [3.05, 3.63) is 65.4 Å². The van der Waals surface area contributed by atoms with Crippen molar-refractivity contribution in [2.24, 2.45) is 4.99 Å². The van der Waals surface area contributed by atoms with Gasteiger partial charge in [0.25, 0.3) is 0 Å². The van der Waals surface area contributed by atoms with Crippen LogP contribution in [-0.2, 0) is 6.42 Å². The molecule has 0 fully saturated rings. The quantitative estimate of drug-likeness (QED) is 0.793.